The molecular weight excluding hydrogens is 346 g/mol. The van der Waals surface area contributed by atoms with E-state index in [1.807, 2.05) is 18.2 Å². The molecule has 21 heavy (non-hydrogen) atoms. The summed E-state index contributed by atoms with van der Waals surface area (Å²) in [6, 6.07) is 14.9. The van der Waals surface area contributed by atoms with E-state index in [1.54, 1.807) is 0 Å². The topological polar surface area (TPSA) is 12.0 Å². The van der Waals surface area contributed by atoms with E-state index in [1.165, 1.54) is 11.1 Å². The van der Waals surface area contributed by atoms with E-state index in [0.29, 0.717) is 0 Å². The molecular formula is C18H21BrClN. The number of hydrogen-bond acceptors (Lipinski definition) is 1. The highest BCUT2D eigenvalue weighted by Crippen LogP contribution is 2.30. The number of rotatable bonds is 3. The molecule has 3 heteroatoms. The molecule has 0 saturated heterocycles. The lowest BCUT2D eigenvalue weighted by atomic mass is 9.86. The molecule has 0 fully saturated rings. The molecule has 0 radical (unpaired) electrons. The van der Waals surface area contributed by atoms with Crippen molar-refractivity contribution < 1.29 is 0 Å². The smallest absolute Gasteiger partial charge is 0.0648 e. The first-order valence-electron chi connectivity index (χ1n) is 7.09. The van der Waals surface area contributed by atoms with Crippen LogP contribution in [0, 0.1) is 0 Å². The van der Waals surface area contributed by atoms with Crippen LogP contribution in [0.15, 0.2) is 46.9 Å². The summed E-state index contributed by atoms with van der Waals surface area (Å²) in [5.41, 5.74) is 3.74. The van der Waals surface area contributed by atoms with Crippen LogP contribution in [0.3, 0.4) is 0 Å². The van der Waals surface area contributed by atoms with Gasteiger partial charge in [-0.1, -0.05) is 72.6 Å². The average molecular weight is 367 g/mol. The van der Waals surface area contributed by atoms with Gasteiger partial charge < -0.3 is 5.32 Å². The molecule has 2 rings (SSSR count). The molecule has 0 aliphatic heterocycles. The number of halogens is 2. The van der Waals surface area contributed by atoms with Gasteiger partial charge in [0, 0.05) is 10.5 Å². The second-order valence-electron chi connectivity index (χ2n) is 6.36. The van der Waals surface area contributed by atoms with Gasteiger partial charge >= 0.3 is 0 Å². The lowest BCUT2D eigenvalue weighted by molar-refractivity contribution is 0.589. The van der Waals surface area contributed by atoms with Gasteiger partial charge in [0.1, 0.15) is 0 Å². The molecule has 0 bridgehead atoms. The predicted molar refractivity (Wildman–Crippen MR) is 96.3 cm³/mol. The van der Waals surface area contributed by atoms with E-state index in [-0.39, 0.29) is 11.5 Å². The molecule has 0 spiro atoms. The molecule has 1 unspecified atom stereocenters. The van der Waals surface area contributed by atoms with E-state index in [2.05, 4.69) is 73.2 Å². The number of anilines is 1. The third kappa shape index (κ3) is 4.24. The normalized spacial score (nSPS) is 13.0. The van der Waals surface area contributed by atoms with E-state index in [9.17, 15) is 0 Å². The summed E-state index contributed by atoms with van der Waals surface area (Å²) in [6.07, 6.45) is 0. The van der Waals surface area contributed by atoms with Crippen molar-refractivity contribution in [2.45, 2.75) is 39.2 Å². The Bertz CT molecular complexity index is 614. The number of benzene rings is 2. The molecule has 0 amide bonds. The maximum Gasteiger partial charge on any atom is 0.0648 e. The minimum atomic E-state index is 0.185. The number of nitrogens with one attached hydrogen (secondary N) is 1. The Hall–Kier alpha value is -0.990. The average Bonchev–Trinajstić information content (AvgIpc) is 2.41. The summed E-state index contributed by atoms with van der Waals surface area (Å²) in [5, 5.41) is 4.18. The van der Waals surface area contributed by atoms with Gasteiger partial charge in [-0.3, -0.25) is 0 Å². The summed E-state index contributed by atoms with van der Waals surface area (Å²) < 4.78 is 0.986. The largest absolute Gasteiger partial charge is 0.377 e. The quantitative estimate of drug-likeness (QED) is 0.647. The van der Waals surface area contributed by atoms with E-state index in [4.69, 9.17) is 11.6 Å². The van der Waals surface area contributed by atoms with Crippen molar-refractivity contribution in [1.29, 1.82) is 0 Å². The zero-order valence-corrected chi connectivity index (χ0v) is 15.2. The van der Waals surface area contributed by atoms with Crippen molar-refractivity contribution >= 4 is 33.2 Å². The Morgan fingerprint density at radius 2 is 1.67 bits per heavy atom. The minimum Gasteiger partial charge on any atom is -0.377 e. The van der Waals surface area contributed by atoms with Crippen molar-refractivity contribution in [2.24, 2.45) is 0 Å². The van der Waals surface area contributed by atoms with Gasteiger partial charge in [-0.15, -0.1) is 0 Å². The molecule has 0 aliphatic carbocycles. The predicted octanol–water partition coefficient (Wildman–Crippen LogP) is 6.57. The zero-order valence-electron chi connectivity index (χ0n) is 12.9. The number of hydrogen-bond donors (Lipinski definition) is 1. The van der Waals surface area contributed by atoms with Crippen molar-refractivity contribution in [1.82, 2.24) is 0 Å². The van der Waals surface area contributed by atoms with Crippen LogP contribution in [0.1, 0.15) is 44.9 Å². The standard InChI is InChI=1S/C18H21BrClN/c1-12(21-17-10-9-15(19)11-16(17)20)13-5-7-14(8-6-13)18(2,3)4/h5-12,21H,1-4H3. The van der Waals surface area contributed by atoms with Crippen LogP contribution in [0.4, 0.5) is 5.69 Å². The molecule has 2 aromatic rings. The Kier molecular flexibility index (Phi) is 5.00. The summed E-state index contributed by atoms with van der Waals surface area (Å²) in [4.78, 5) is 0. The van der Waals surface area contributed by atoms with Crippen LogP contribution in [-0.2, 0) is 5.41 Å². The van der Waals surface area contributed by atoms with Crippen LogP contribution in [0.5, 0.6) is 0 Å². The van der Waals surface area contributed by atoms with E-state index in [0.717, 1.165) is 15.2 Å². The molecule has 0 aliphatic rings. The Labute approximate surface area is 140 Å². The van der Waals surface area contributed by atoms with Gasteiger partial charge in [0.2, 0.25) is 0 Å². The first-order chi connectivity index (χ1) is 9.77. The van der Waals surface area contributed by atoms with Gasteiger partial charge in [0.25, 0.3) is 0 Å². The third-order valence-corrected chi connectivity index (χ3v) is 4.39. The Morgan fingerprint density at radius 1 is 1.05 bits per heavy atom. The molecule has 1 nitrogen and oxygen atoms in total. The second-order valence-corrected chi connectivity index (χ2v) is 7.69. The van der Waals surface area contributed by atoms with Crippen LogP contribution >= 0.6 is 27.5 Å². The van der Waals surface area contributed by atoms with Crippen molar-refractivity contribution in [3.63, 3.8) is 0 Å². The van der Waals surface area contributed by atoms with Crippen LogP contribution in [-0.4, -0.2) is 0 Å². The van der Waals surface area contributed by atoms with Crippen LogP contribution in [0.25, 0.3) is 0 Å². The summed E-state index contributed by atoms with van der Waals surface area (Å²) in [6.45, 7) is 8.83. The maximum absolute atomic E-state index is 6.25. The van der Waals surface area contributed by atoms with Crippen molar-refractivity contribution in [3.8, 4) is 0 Å². The van der Waals surface area contributed by atoms with E-state index < -0.39 is 0 Å². The highest BCUT2D eigenvalue weighted by molar-refractivity contribution is 9.10. The first-order valence-corrected chi connectivity index (χ1v) is 8.26. The van der Waals surface area contributed by atoms with Gasteiger partial charge in [0.05, 0.1) is 10.7 Å². The molecule has 0 aromatic heterocycles. The maximum atomic E-state index is 6.25. The van der Waals surface area contributed by atoms with Crippen molar-refractivity contribution in [2.75, 3.05) is 5.32 Å². The van der Waals surface area contributed by atoms with Gasteiger partial charge in [-0.25, -0.2) is 0 Å². The first kappa shape index (κ1) is 16.4. The lowest BCUT2D eigenvalue weighted by Crippen LogP contribution is -2.12. The molecule has 112 valence electrons. The zero-order chi connectivity index (χ0) is 15.6. The fourth-order valence-corrected chi connectivity index (χ4v) is 2.92. The Balaban J connectivity index is 2.15. The van der Waals surface area contributed by atoms with Crippen LogP contribution < -0.4 is 5.32 Å². The Morgan fingerprint density at radius 3 is 2.19 bits per heavy atom. The van der Waals surface area contributed by atoms with Gasteiger partial charge in [0.15, 0.2) is 0 Å². The summed E-state index contributed by atoms with van der Waals surface area (Å²) in [5.74, 6) is 0. The highest BCUT2D eigenvalue weighted by atomic mass is 79.9. The fourth-order valence-electron chi connectivity index (χ4n) is 2.19. The fraction of sp³-hybridized carbons (Fsp3) is 0.333. The van der Waals surface area contributed by atoms with Crippen molar-refractivity contribution in [3.05, 3.63) is 63.1 Å². The second kappa shape index (κ2) is 6.41. The third-order valence-electron chi connectivity index (χ3n) is 3.58. The monoisotopic (exact) mass is 365 g/mol. The van der Waals surface area contributed by atoms with Gasteiger partial charge in [-0.2, -0.15) is 0 Å². The molecule has 0 saturated carbocycles. The lowest BCUT2D eigenvalue weighted by Gasteiger charge is -2.21. The SMILES string of the molecule is CC(Nc1ccc(Br)cc1Cl)c1ccc(C(C)(C)C)cc1. The van der Waals surface area contributed by atoms with Crippen LogP contribution in [0.2, 0.25) is 5.02 Å². The minimum absolute atomic E-state index is 0.185. The molecule has 1 atom stereocenters. The summed E-state index contributed by atoms with van der Waals surface area (Å²) >= 11 is 9.68. The molecule has 1 N–H and O–H groups in total. The summed E-state index contributed by atoms with van der Waals surface area (Å²) in [7, 11) is 0. The molecule has 0 heterocycles. The van der Waals surface area contributed by atoms with E-state index >= 15 is 0 Å². The highest BCUT2D eigenvalue weighted by Gasteiger charge is 2.14. The molecule has 2 aromatic carbocycles. The van der Waals surface area contributed by atoms with Gasteiger partial charge in [-0.05, 0) is 41.7 Å².